The summed E-state index contributed by atoms with van der Waals surface area (Å²) >= 11 is 1.27. The van der Waals surface area contributed by atoms with Gasteiger partial charge in [-0.05, 0) is 25.1 Å². The zero-order valence-electron chi connectivity index (χ0n) is 13.7. The van der Waals surface area contributed by atoms with Crippen LogP contribution in [0.15, 0.2) is 48.5 Å². The zero-order chi connectivity index (χ0) is 18.7. The van der Waals surface area contributed by atoms with Gasteiger partial charge in [-0.1, -0.05) is 18.2 Å². The monoisotopic (exact) mass is 370 g/mol. The normalized spacial score (nSPS) is 10.5. The van der Waals surface area contributed by atoms with E-state index in [2.05, 4.69) is 5.32 Å². The number of hydrogen-bond donors (Lipinski definition) is 1. The van der Waals surface area contributed by atoms with Crippen LogP contribution >= 0.6 is 11.3 Å². The number of nitrogens with zero attached hydrogens (tertiary/aromatic N) is 1. The molecule has 0 saturated heterocycles. The zero-order valence-corrected chi connectivity index (χ0v) is 14.5. The number of nitrogens with one attached hydrogen (secondary N) is 1. The Hall–Kier alpha value is -3.26. The van der Waals surface area contributed by atoms with Crippen molar-refractivity contribution in [3.05, 3.63) is 69.8 Å². The Balaban J connectivity index is 1.94. The summed E-state index contributed by atoms with van der Waals surface area (Å²) in [5.74, 6) is -0.971. The molecule has 0 saturated carbocycles. The van der Waals surface area contributed by atoms with E-state index in [-0.39, 0.29) is 17.9 Å². The number of benzene rings is 2. The molecule has 26 heavy (non-hydrogen) atoms. The highest BCUT2D eigenvalue weighted by atomic mass is 32.1. The molecule has 0 atom stereocenters. The van der Waals surface area contributed by atoms with Crippen molar-refractivity contribution < 1.29 is 19.2 Å². The number of esters is 1. The smallest absolute Gasteiger partial charge is 0.341 e. The van der Waals surface area contributed by atoms with Gasteiger partial charge in [-0.15, -0.1) is 11.3 Å². The van der Waals surface area contributed by atoms with Gasteiger partial charge < -0.3 is 10.1 Å². The minimum atomic E-state index is -0.535. The van der Waals surface area contributed by atoms with Crippen LogP contribution in [0.1, 0.15) is 27.6 Å². The van der Waals surface area contributed by atoms with E-state index in [0.29, 0.717) is 16.0 Å². The predicted octanol–water partition coefficient (Wildman–Crippen LogP) is 4.24. The lowest BCUT2D eigenvalue weighted by Crippen LogP contribution is -2.14. The first-order chi connectivity index (χ1) is 12.5. The van der Waals surface area contributed by atoms with Crippen molar-refractivity contribution in [2.45, 2.75) is 6.92 Å². The molecule has 1 amide bonds. The Morgan fingerprint density at radius 1 is 1.15 bits per heavy atom. The van der Waals surface area contributed by atoms with Crippen LogP contribution in [0.5, 0.6) is 0 Å². The predicted molar refractivity (Wildman–Crippen MR) is 98.8 cm³/mol. The largest absolute Gasteiger partial charge is 0.462 e. The second-order valence-electron chi connectivity index (χ2n) is 5.28. The molecule has 3 aromatic rings. The average molecular weight is 370 g/mol. The number of carbonyl (C=O) groups is 2. The highest BCUT2D eigenvalue weighted by molar-refractivity contribution is 7.23. The first-order valence-electron chi connectivity index (χ1n) is 7.75. The number of hydrogen-bond acceptors (Lipinski definition) is 6. The van der Waals surface area contributed by atoms with Crippen molar-refractivity contribution in [2.24, 2.45) is 0 Å². The summed E-state index contributed by atoms with van der Waals surface area (Å²) in [6.07, 6.45) is 0. The lowest BCUT2D eigenvalue weighted by molar-refractivity contribution is -0.384. The molecule has 0 spiro atoms. The van der Waals surface area contributed by atoms with Crippen LogP contribution in [0.4, 0.5) is 10.7 Å². The summed E-state index contributed by atoms with van der Waals surface area (Å²) in [5, 5.41) is 14.5. The fraction of sp³-hybridized carbons (Fsp3) is 0.111. The molecular formula is C18H14N2O5S. The molecule has 8 heteroatoms. The van der Waals surface area contributed by atoms with E-state index in [4.69, 9.17) is 4.74 Å². The number of fused-ring (bicyclic) bond motifs is 1. The molecule has 7 nitrogen and oxygen atoms in total. The summed E-state index contributed by atoms with van der Waals surface area (Å²) in [6, 6.07) is 12.5. The molecule has 132 valence electrons. The Morgan fingerprint density at radius 3 is 2.50 bits per heavy atom. The number of thiophene rings is 1. The summed E-state index contributed by atoms with van der Waals surface area (Å²) in [6.45, 7) is 1.93. The topological polar surface area (TPSA) is 98.5 Å². The maximum atomic E-state index is 12.5. The van der Waals surface area contributed by atoms with Crippen molar-refractivity contribution >= 4 is 44.0 Å². The molecule has 0 unspecified atom stereocenters. The Labute approximate surface area is 152 Å². The van der Waals surface area contributed by atoms with Gasteiger partial charge in [0.05, 0.1) is 11.5 Å². The summed E-state index contributed by atoms with van der Waals surface area (Å²) < 4.78 is 5.95. The lowest BCUT2D eigenvalue weighted by atomic mass is 10.1. The standard InChI is InChI=1S/C18H14N2O5S/c1-2-25-18(22)15-13-5-3-4-6-14(13)26-17(15)19-16(21)11-7-9-12(10-8-11)20(23)24/h3-10H,2H2,1H3,(H,19,21). The van der Waals surface area contributed by atoms with Crippen molar-refractivity contribution in [3.63, 3.8) is 0 Å². The fourth-order valence-electron chi connectivity index (χ4n) is 2.45. The number of non-ortho nitro benzene ring substituents is 1. The van der Waals surface area contributed by atoms with E-state index in [1.807, 2.05) is 12.1 Å². The van der Waals surface area contributed by atoms with Crippen LogP contribution in [0, 0.1) is 10.1 Å². The molecule has 0 bridgehead atoms. The summed E-state index contributed by atoms with van der Waals surface area (Å²) in [4.78, 5) is 35.0. The SMILES string of the molecule is CCOC(=O)c1c(NC(=O)c2ccc([N+](=O)[O-])cc2)sc2ccccc12. The third-order valence-electron chi connectivity index (χ3n) is 3.64. The number of carbonyl (C=O) groups excluding carboxylic acids is 2. The van der Waals surface area contributed by atoms with Crippen LogP contribution in [0.2, 0.25) is 0 Å². The van der Waals surface area contributed by atoms with Gasteiger partial charge >= 0.3 is 5.97 Å². The Bertz CT molecular complexity index is 994. The molecule has 1 heterocycles. The van der Waals surface area contributed by atoms with Gasteiger partial charge in [-0.3, -0.25) is 14.9 Å². The molecule has 0 radical (unpaired) electrons. The molecule has 3 rings (SSSR count). The van der Waals surface area contributed by atoms with Gasteiger partial charge in [-0.2, -0.15) is 0 Å². The maximum Gasteiger partial charge on any atom is 0.341 e. The van der Waals surface area contributed by atoms with Gasteiger partial charge in [0.1, 0.15) is 10.6 Å². The molecule has 0 aliphatic carbocycles. The molecule has 2 aromatic carbocycles. The van der Waals surface area contributed by atoms with Crippen molar-refractivity contribution in [2.75, 3.05) is 11.9 Å². The number of rotatable bonds is 5. The number of nitro benzene ring substituents is 1. The van der Waals surface area contributed by atoms with Gasteiger partial charge in [0.2, 0.25) is 0 Å². The van der Waals surface area contributed by atoms with Crippen molar-refractivity contribution in [1.29, 1.82) is 0 Å². The van der Waals surface area contributed by atoms with Crippen LogP contribution in [0.25, 0.3) is 10.1 Å². The van der Waals surface area contributed by atoms with Gasteiger partial charge in [-0.25, -0.2) is 4.79 Å². The Kier molecular flexibility index (Phi) is 4.94. The molecular weight excluding hydrogens is 356 g/mol. The highest BCUT2D eigenvalue weighted by Crippen LogP contribution is 2.36. The van der Waals surface area contributed by atoms with Crippen molar-refractivity contribution in [3.8, 4) is 0 Å². The highest BCUT2D eigenvalue weighted by Gasteiger charge is 2.22. The third-order valence-corrected chi connectivity index (χ3v) is 4.73. The van der Waals surface area contributed by atoms with E-state index in [1.54, 1.807) is 19.1 Å². The molecule has 1 aromatic heterocycles. The van der Waals surface area contributed by atoms with E-state index >= 15 is 0 Å². The molecule has 1 N–H and O–H groups in total. The minimum Gasteiger partial charge on any atom is -0.462 e. The quantitative estimate of drug-likeness (QED) is 0.411. The van der Waals surface area contributed by atoms with Crippen LogP contribution in [-0.2, 0) is 4.74 Å². The molecule has 0 fully saturated rings. The minimum absolute atomic E-state index is 0.101. The van der Waals surface area contributed by atoms with Gasteiger partial charge in [0, 0.05) is 27.8 Å². The van der Waals surface area contributed by atoms with Crippen LogP contribution in [-0.4, -0.2) is 23.4 Å². The maximum absolute atomic E-state index is 12.5. The lowest BCUT2D eigenvalue weighted by Gasteiger charge is -2.06. The van der Waals surface area contributed by atoms with E-state index in [1.165, 1.54) is 35.6 Å². The van der Waals surface area contributed by atoms with Crippen LogP contribution < -0.4 is 5.32 Å². The van der Waals surface area contributed by atoms with Crippen molar-refractivity contribution in [1.82, 2.24) is 0 Å². The van der Waals surface area contributed by atoms with E-state index in [9.17, 15) is 19.7 Å². The molecule has 0 aliphatic rings. The average Bonchev–Trinajstić information content (AvgIpc) is 2.99. The number of ether oxygens (including phenoxy) is 1. The van der Waals surface area contributed by atoms with E-state index in [0.717, 1.165) is 4.70 Å². The number of amides is 1. The van der Waals surface area contributed by atoms with Gasteiger partial charge in [0.15, 0.2) is 0 Å². The first-order valence-corrected chi connectivity index (χ1v) is 8.57. The molecule has 0 aliphatic heterocycles. The first kappa shape index (κ1) is 17.6. The third kappa shape index (κ3) is 3.40. The Morgan fingerprint density at radius 2 is 1.85 bits per heavy atom. The van der Waals surface area contributed by atoms with E-state index < -0.39 is 16.8 Å². The van der Waals surface area contributed by atoms with Gasteiger partial charge in [0.25, 0.3) is 11.6 Å². The fourth-order valence-corrected chi connectivity index (χ4v) is 3.53. The number of anilines is 1. The summed E-state index contributed by atoms with van der Waals surface area (Å²) in [5.41, 5.74) is 0.459. The van der Waals surface area contributed by atoms with Crippen LogP contribution in [0.3, 0.4) is 0 Å². The second kappa shape index (κ2) is 7.32. The second-order valence-corrected chi connectivity index (χ2v) is 6.33. The summed E-state index contributed by atoms with van der Waals surface area (Å²) in [7, 11) is 0. The number of nitro groups is 1.